The van der Waals surface area contributed by atoms with E-state index in [1.165, 1.54) is 19.2 Å². The fraction of sp³-hybridized carbons (Fsp3) is 0.348. The quantitative estimate of drug-likeness (QED) is 0.673. The molecule has 0 aromatic heterocycles. The number of benzene rings is 2. The Morgan fingerprint density at radius 2 is 1.85 bits per heavy atom. The third-order valence-electron chi connectivity index (χ3n) is 5.09. The second-order valence-electron chi connectivity index (χ2n) is 7.01. The van der Waals surface area contributed by atoms with Gasteiger partial charge in [-0.1, -0.05) is 48.5 Å². The average Bonchev–Trinajstić information content (AvgIpc) is 3.14. The molecule has 0 N–H and O–H groups in total. The minimum absolute atomic E-state index is 0.121. The molecule has 0 radical (unpaired) electrons. The summed E-state index contributed by atoms with van der Waals surface area (Å²) in [6.45, 7) is 2.92. The van der Waals surface area contributed by atoms with Crippen molar-refractivity contribution in [2.45, 2.75) is 19.3 Å². The van der Waals surface area contributed by atoms with Crippen molar-refractivity contribution in [3.8, 4) is 0 Å². The molecule has 1 unspecified atom stereocenters. The van der Waals surface area contributed by atoms with Crippen molar-refractivity contribution in [3.05, 3.63) is 77.6 Å². The Balaban J connectivity index is 1.65. The number of hydrogen-bond donors (Lipinski definition) is 0. The lowest BCUT2D eigenvalue weighted by Gasteiger charge is -2.15. The van der Waals surface area contributed by atoms with E-state index in [1.54, 1.807) is 0 Å². The van der Waals surface area contributed by atoms with Crippen molar-refractivity contribution < 1.29 is 13.9 Å². The summed E-state index contributed by atoms with van der Waals surface area (Å²) in [5.41, 5.74) is 3.28. The summed E-state index contributed by atoms with van der Waals surface area (Å²) in [5, 5.41) is 0. The zero-order valence-corrected chi connectivity index (χ0v) is 15.7. The average molecular weight is 367 g/mol. The molecule has 1 saturated heterocycles. The minimum Gasteiger partial charge on any atom is -0.469 e. The number of carbonyl (C=O) groups is 1. The second-order valence-corrected chi connectivity index (χ2v) is 7.01. The molecule has 1 aliphatic heterocycles. The first kappa shape index (κ1) is 19.3. The van der Waals surface area contributed by atoms with Crippen molar-refractivity contribution in [1.29, 1.82) is 0 Å². The summed E-state index contributed by atoms with van der Waals surface area (Å²) >= 11 is 0. The lowest BCUT2D eigenvalue weighted by atomic mass is 9.97. The fourth-order valence-electron chi connectivity index (χ4n) is 3.64. The number of halogens is 1. The van der Waals surface area contributed by atoms with E-state index in [-0.39, 0.29) is 11.8 Å². The molecular formula is C23H26FNO2. The number of carbonyl (C=O) groups excluding carboxylic acids is 1. The van der Waals surface area contributed by atoms with E-state index in [1.807, 2.05) is 30.3 Å². The minimum atomic E-state index is -0.222. The molecule has 1 fully saturated rings. The van der Waals surface area contributed by atoms with Crippen LogP contribution in [0.4, 0.5) is 4.39 Å². The van der Waals surface area contributed by atoms with Gasteiger partial charge < -0.3 is 9.64 Å². The first-order chi connectivity index (χ1) is 13.2. The molecule has 3 rings (SSSR count). The van der Waals surface area contributed by atoms with Crippen LogP contribution in [0.15, 0.2) is 60.7 Å². The predicted octanol–water partition coefficient (Wildman–Crippen LogP) is 4.53. The number of ether oxygens (including phenoxy) is 1. The summed E-state index contributed by atoms with van der Waals surface area (Å²) in [7, 11) is 1.44. The predicted molar refractivity (Wildman–Crippen MR) is 106 cm³/mol. The van der Waals surface area contributed by atoms with E-state index in [4.69, 9.17) is 4.74 Å². The Hall–Kier alpha value is -2.46. The smallest absolute Gasteiger partial charge is 0.305 e. The van der Waals surface area contributed by atoms with Crippen molar-refractivity contribution in [2.75, 3.05) is 26.7 Å². The van der Waals surface area contributed by atoms with Crippen LogP contribution in [0.2, 0.25) is 0 Å². The Kier molecular flexibility index (Phi) is 6.77. The van der Waals surface area contributed by atoms with Crippen molar-refractivity contribution in [1.82, 2.24) is 4.90 Å². The summed E-state index contributed by atoms with van der Waals surface area (Å²) in [4.78, 5) is 13.8. The standard InChI is InChI=1S/C23H26FNO2/c1-27-23(26)16-18-13-15-25(17-18)14-5-8-22(19-6-3-2-4-7-19)20-9-11-21(24)12-10-20/h2-4,6-12,18H,5,13-17H2,1H3. The first-order valence-corrected chi connectivity index (χ1v) is 9.46. The van der Waals surface area contributed by atoms with Gasteiger partial charge in [0.2, 0.25) is 0 Å². The van der Waals surface area contributed by atoms with Crippen LogP contribution in [0.25, 0.3) is 5.57 Å². The fourth-order valence-corrected chi connectivity index (χ4v) is 3.64. The van der Waals surface area contributed by atoms with Gasteiger partial charge in [0.15, 0.2) is 0 Å². The van der Waals surface area contributed by atoms with Gasteiger partial charge in [-0.3, -0.25) is 4.79 Å². The van der Waals surface area contributed by atoms with Crippen LogP contribution >= 0.6 is 0 Å². The zero-order valence-electron chi connectivity index (χ0n) is 15.7. The topological polar surface area (TPSA) is 29.5 Å². The Morgan fingerprint density at radius 3 is 2.56 bits per heavy atom. The molecule has 2 aromatic carbocycles. The first-order valence-electron chi connectivity index (χ1n) is 9.46. The van der Waals surface area contributed by atoms with Crippen molar-refractivity contribution >= 4 is 11.5 Å². The Morgan fingerprint density at radius 1 is 1.15 bits per heavy atom. The maximum atomic E-state index is 13.3. The number of rotatable bonds is 7. The molecule has 27 heavy (non-hydrogen) atoms. The highest BCUT2D eigenvalue weighted by molar-refractivity contribution is 5.79. The largest absolute Gasteiger partial charge is 0.469 e. The molecule has 142 valence electrons. The molecular weight excluding hydrogens is 341 g/mol. The molecule has 1 heterocycles. The van der Waals surface area contributed by atoms with Crippen LogP contribution < -0.4 is 0 Å². The van der Waals surface area contributed by atoms with Crippen molar-refractivity contribution in [3.63, 3.8) is 0 Å². The number of methoxy groups -OCH3 is 1. The van der Waals surface area contributed by atoms with Crippen LogP contribution in [-0.4, -0.2) is 37.6 Å². The highest BCUT2D eigenvalue weighted by Gasteiger charge is 2.24. The van der Waals surface area contributed by atoms with Gasteiger partial charge >= 0.3 is 5.97 Å². The van der Waals surface area contributed by atoms with Crippen LogP contribution in [0.5, 0.6) is 0 Å². The van der Waals surface area contributed by atoms with Gasteiger partial charge in [-0.2, -0.15) is 0 Å². The zero-order chi connectivity index (χ0) is 19.1. The number of nitrogens with zero attached hydrogens (tertiary/aromatic N) is 1. The summed E-state index contributed by atoms with van der Waals surface area (Å²) in [5.74, 6) is 0.0522. The van der Waals surface area contributed by atoms with Crippen LogP contribution in [0, 0.1) is 11.7 Å². The van der Waals surface area contributed by atoms with E-state index in [2.05, 4.69) is 23.1 Å². The van der Waals surface area contributed by atoms with Gasteiger partial charge in [-0.15, -0.1) is 0 Å². The molecule has 4 heteroatoms. The van der Waals surface area contributed by atoms with Crippen LogP contribution in [-0.2, 0) is 9.53 Å². The normalized spacial score (nSPS) is 17.9. The third kappa shape index (κ3) is 5.51. The highest BCUT2D eigenvalue weighted by Crippen LogP contribution is 2.25. The molecule has 2 aromatic rings. The molecule has 0 bridgehead atoms. The van der Waals surface area contributed by atoms with E-state index in [9.17, 15) is 9.18 Å². The van der Waals surface area contributed by atoms with E-state index in [0.717, 1.165) is 49.2 Å². The van der Waals surface area contributed by atoms with Gasteiger partial charge in [0.25, 0.3) is 0 Å². The van der Waals surface area contributed by atoms with Gasteiger partial charge in [-0.05, 0) is 54.1 Å². The van der Waals surface area contributed by atoms with E-state index < -0.39 is 0 Å². The molecule has 1 atom stereocenters. The number of esters is 1. The monoisotopic (exact) mass is 367 g/mol. The summed E-state index contributed by atoms with van der Waals surface area (Å²) in [6.07, 6.45) is 4.69. The number of hydrogen-bond acceptors (Lipinski definition) is 3. The Labute approximate surface area is 160 Å². The molecule has 0 aliphatic carbocycles. The highest BCUT2D eigenvalue weighted by atomic mass is 19.1. The molecule has 0 saturated carbocycles. The third-order valence-corrected chi connectivity index (χ3v) is 5.09. The summed E-state index contributed by atoms with van der Waals surface area (Å²) < 4.78 is 18.1. The van der Waals surface area contributed by atoms with Gasteiger partial charge in [-0.25, -0.2) is 4.39 Å². The second kappa shape index (κ2) is 9.47. The molecule has 1 aliphatic rings. The van der Waals surface area contributed by atoms with E-state index >= 15 is 0 Å². The lowest BCUT2D eigenvalue weighted by molar-refractivity contribution is -0.141. The van der Waals surface area contributed by atoms with Gasteiger partial charge in [0.1, 0.15) is 5.82 Å². The van der Waals surface area contributed by atoms with Crippen LogP contribution in [0.3, 0.4) is 0 Å². The maximum Gasteiger partial charge on any atom is 0.305 e. The van der Waals surface area contributed by atoms with Crippen molar-refractivity contribution in [2.24, 2.45) is 5.92 Å². The van der Waals surface area contributed by atoms with Gasteiger partial charge in [0, 0.05) is 19.5 Å². The lowest BCUT2D eigenvalue weighted by Crippen LogP contribution is -2.22. The maximum absolute atomic E-state index is 13.3. The molecule has 0 spiro atoms. The van der Waals surface area contributed by atoms with Gasteiger partial charge in [0.05, 0.1) is 7.11 Å². The summed E-state index contributed by atoms with van der Waals surface area (Å²) in [6, 6.07) is 16.9. The molecule has 3 nitrogen and oxygen atoms in total. The van der Waals surface area contributed by atoms with E-state index in [0.29, 0.717) is 12.3 Å². The SMILES string of the molecule is COC(=O)CC1CCN(CCC=C(c2ccccc2)c2ccc(F)cc2)C1. The molecule has 0 amide bonds. The Bertz CT molecular complexity index is 771. The van der Waals surface area contributed by atoms with Crippen LogP contribution in [0.1, 0.15) is 30.4 Å². The number of likely N-dealkylation sites (tertiary alicyclic amines) is 1.